The minimum absolute atomic E-state index is 0.310. The number of benzene rings is 1. The third-order valence-electron chi connectivity index (χ3n) is 3.31. The Bertz CT molecular complexity index is 794. The molecule has 0 bridgehead atoms. The second-order valence-electron chi connectivity index (χ2n) is 4.85. The van der Waals surface area contributed by atoms with E-state index in [4.69, 9.17) is 4.74 Å². The Labute approximate surface area is 137 Å². The van der Waals surface area contributed by atoms with Crippen molar-refractivity contribution in [2.75, 3.05) is 12.4 Å². The van der Waals surface area contributed by atoms with E-state index in [2.05, 4.69) is 20.5 Å². The van der Waals surface area contributed by atoms with E-state index in [0.29, 0.717) is 21.5 Å². The van der Waals surface area contributed by atoms with Gasteiger partial charge in [0.2, 0.25) is 5.13 Å². The second-order valence-corrected chi connectivity index (χ2v) is 5.83. The van der Waals surface area contributed by atoms with Crippen LogP contribution in [0.1, 0.15) is 18.5 Å². The molecule has 118 valence electrons. The van der Waals surface area contributed by atoms with Gasteiger partial charge in [0.1, 0.15) is 17.3 Å². The Morgan fingerprint density at radius 3 is 2.78 bits per heavy atom. The number of nitrogens with one attached hydrogen (secondary N) is 1. The van der Waals surface area contributed by atoms with Crippen LogP contribution in [0.15, 0.2) is 42.6 Å². The Balaban J connectivity index is 1.82. The third kappa shape index (κ3) is 3.29. The molecule has 1 unspecified atom stereocenters. The van der Waals surface area contributed by atoms with Crippen molar-refractivity contribution in [2.24, 2.45) is 0 Å². The third-order valence-corrected chi connectivity index (χ3v) is 4.19. The van der Waals surface area contributed by atoms with Gasteiger partial charge in [0.25, 0.3) is 0 Å². The first-order valence-electron chi connectivity index (χ1n) is 7.03. The molecule has 0 spiro atoms. The number of rotatable bonds is 5. The molecule has 1 atom stereocenters. The lowest BCUT2D eigenvalue weighted by atomic mass is 10.1. The van der Waals surface area contributed by atoms with Crippen LogP contribution < -0.4 is 10.1 Å². The van der Waals surface area contributed by atoms with Crippen LogP contribution in [0.2, 0.25) is 0 Å². The van der Waals surface area contributed by atoms with Crippen molar-refractivity contribution in [1.29, 1.82) is 0 Å². The highest BCUT2D eigenvalue weighted by Gasteiger charge is 2.18. The van der Waals surface area contributed by atoms with Crippen LogP contribution in [0.5, 0.6) is 5.75 Å². The topological polar surface area (TPSA) is 59.9 Å². The average molecular weight is 330 g/mol. The van der Waals surface area contributed by atoms with Crippen LogP contribution in [0.4, 0.5) is 9.52 Å². The van der Waals surface area contributed by atoms with E-state index >= 15 is 0 Å². The SMILES string of the molecule is COc1cccc(F)c1C(C)Nc1nnc(-c2ccccn2)s1. The van der Waals surface area contributed by atoms with E-state index in [-0.39, 0.29) is 11.9 Å². The minimum atomic E-state index is -0.321. The molecule has 0 radical (unpaired) electrons. The largest absolute Gasteiger partial charge is 0.496 e. The molecule has 0 aliphatic heterocycles. The molecule has 23 heavy (non-hydrogen) atoms. The highest BCUT2D eigenvalue weighted by Crippen LogP contribution is 2.32. The van der Waals surface area contributed by atoms with E-state index < -0.39 is 0 Å². The fourth-order valence-corrected chi connectivity index (χ4v) is 3.05. The van der Waals surface area contributed by atoms with Crippen molar-refractivity contribution in [2.45, 2.75) is 13.0 Å². The highest BCUT2D eigenvalue weighted by molar-refractivity contribution is 7.18. The molecule has 7 heteroatoms. The summed E-state index contributed by atoms with van der Waals surface area (Å²) in [5, 5.41) is 12.7. The molecule has 3 aromatic rings. The minimum Gasteiger partial charge on any atom is -0.496 e. The summed E-state index contributed by atoms with van der Waals surface area (Å²) in [4.78, 5) is 4.24. The number of ether oxygens (including phenoxy) is 1. The highest BCUT2D eigenvalue weighted by atomic mass is 32.1. The zero-order valence-corrected chi connectivity index (χ0v) is 13.5. The van der Waals surface area contributed by atoms with Gasteiger partial charge >= 0.3 is 0 Å². The maximum Gasteiger partial charge on any atom is 0.206 e. The summed E-state index contributed by atoms with van der Waals surface area (Å²) in [6.07, 6.45) is 1.71. The Morgan fingerprint density at radius 2 is 2.04 bits per heavy atom. The van der Waals surface area contributed by atoms with Crippen molar-refractivity contribution in [3.63, 3.8) is 0 Å². The van der Waals surface area contributed by atoms with Crippen molar-refractivity contribution < 1.29 is 9.13 Å². The first-order chi connectivity index (χ1) is 11.2. The van der Waals surface area contributed by atoms with Gasteiger partial charge in [0, 0.05) is 6.20 Å². The van der Waals surface area contributed by atoms with Crippen LogP contribution in [-0.2, 0) is 0 Å². The number of pyridine rings is 1. The Hall–Kier alpha value is -2.54. The van der Waals surface area contributed by atoms with Gasteiger partial charge in [-0.1, -0.05) is 23.5 Å². The first-order valence-corrected chi connectivity index (χ1v) is 7.84. The lowest BCUT2D eigenvalue weighted by molar-refractivity contribution is 0.402. The number of halogens is 1. The molecule has 1 N–H and O–H groups in total. The van der Waals surface area contributed by atoms with E-state index in [9.17, 15) is 4.39 Å². The predicted octanol–water partition coefficient (Wildman–Crippen LogP) is 3.92. The molecular formula is C16H15FN4OS. The maximum atomic E-state index is 14.1. The molecule has 0 aliphatic carbocycles. The molecule has 0 amide bonds. The van der Waals surface area contributed by atoms with Gasteiger partial charge in [-0.25, -0.2) is 4.39 Å². The number of hydrogen-bond donors (Lipinski definition) is 1. The average Bonchev–Trinajstić information content (AvgIpc) is 3.03. The summed E-state index contributed by atoms with van der Waals surface area (Å²) in [5.41, 5.74) is 1.22. The normalized spacial score (nSPS) is 12.0. The molecule has 0 saturated carbocycles. The van der Waals surface area contributed by atoms with Crippen molar-refractivity contribution in [1.82, 2.24) is 15.2 Å². The lowest BCUT2D eigenvalue weighted by Crippen LogP contribution is -2.10. The quantitative estimate of drug-likeness (QED) is 0.768. The number of aromatic nitrogens is 3. The van der Waals surface area contributed by atoms with Gasteiger partial charge < -0.3 is 10.1 Å². The summed E-state index contributed by atoms with van der Waals surface area (Å²) in [6.45, 7) is 1.85. The first kappa shape index (κ1) is 15.4. The fraction of sp³-hybridized carbons (Fsp3) is 0.188. The van der Waals surface area contributed by atoms with Crippen LogP contribution >= 0.6 is 11.3 Å². The van der Waals surface area contributed by atoms with Crippen molar-refractivity contribution in [3.8, 4) is 16.5 Å². The molecular weight excluding hydrogens is 315 g/mol. The zero-order chi connectivity index (χ0) is 16.2. The van der Waals surface area contributed by atoms with E-state index in [0.717, 1.165) is 5.69 Å². The summed E-state index contributed by atoms with van der Waals surface area (Å²) >= 11 is 1.37. The van der Waals surface area contributed by atoms with E-state index in [1.54, 1.807) is 18.3 Å². The Kier molecular flexibility index (Phi) is 4.47. The maximum absolute atomic E-state index is 14.1. The molecule has 2 heterocycles. The number of anilines is 1. The monoisotopic (exact) mass is 330 g/mol. The predicted molar refractivity (Wildman–Crippen MR) is 88.1 cm³/mol. The standard InChI is InChI=1S/C16H15FN4OS/c1-10(14-11(17)6-5-8-13(14)22-2)19-16-21-20-15(23-16)12-7-3-4-9-18-12/h3-10H,1-2H3,(H,19,21). The number of methoxy groups -OCH3 is 1. The fourth-order valence-electron chi connectivity index (χ4n) is 2.25. The Morgan fingerprint density at radius 1 is 1.17 bits per heavy atom. The van der Waals surface area contributed by atoms with Crippen LogP contribution in [-0.4, -0.2) is 22.3 Å². The molecule has 2 aromatic heterocycles. The number of nitrogens with zero attached hydrogens (tertiary/aromatic N) is 3. The number of hydrogen-bond acceptors (Lipinski definition) is 6. The van der Waals surface area contributed by atoms with Crippen LogP contribution in [0.3, 0.4) is 0 Å². The zero-order valence-electron chi connectivity index (χ0n) is 12.7. The van der Waals surface area contributed by atoms with E-state index in [1.807, 2.05) is 25.1 Å². The van der Waals surface area contributed by atoms with Crippen LogP contribution in [0, 0.1) is 5.82 Å². The summed E-state index contributed by atoms with van der Waals surface area (Å²) in [7, 11) is 1.52. The molecule has 0 fully saturated rings. The summed E-state index contributed by atoms with van der Waals surface area (Å²) < 4.78 is 19.3. The molecule has 5 nitrogen and oxygen atoms in total. The van der Waals surface area contributed by atoms with E-state index in [1.165, 1.54) is 24.5 Å². The summed E-state index contributed by atoms with van der Waals surface area (Å²) in [5.74, 6) is 0.179. The van der Waals surface area contributed by atoms with Crippen molar-refractivity contribution in [3.05, 3.63) is 54.0 Å². The molecule has 0 saturated heterocycles. The van der Waals surface area contributed by atoms with Crippen molar-refractivity contribution >= 4 is 16.5 Å². The van der Waals surface area contributed by atoms with Gasteiger partial charge in [-0.05, 0) is 31.2 Å². The summed E-state index contributed by atoms with van der Waals surface area (Å²) in [6, 6.07) is 10.1. The van der Waals surface area contributed by atoms with Gasteiger partial charge in [-0.3, -0.25) is 4.98 Å². The van der Waals surface area contributed by atoms with Crippen LogP contribution in [0.25, 0.3) is 10.7 Å². The molecule has 3 rings (SSSR count). The lowest BCUT2D eigenvalue weighted by Gasteiger charge is -2.17. The van der Waals surface area contributed by atoms with Gasteiger partial charge in [0.15, 0.2) is 5.01 Å². The smallest absolute Gasteiger partial charge is 0.206 e. The second kappa shape index (κ2) is 6.70. The van der Waals surface area contributed by atoms with Gasteiger partial charge in [-0.15, -0.1) is 10.2 Å². The molecule has 0 aliphatic rings. The molecule has 1 aromatic carbocycles. The van der Waals surface area contributed by atoms with Gasteiger partial charge in [-0.2, -0.15) is 0 Å². The van der Waals surface area contributed by atoms with Gasteiger partial charge in [0.05, 0.1) is 18.7 Å².